The maximum atomic E-state index is 6.70. The molecule has 3 heterocycles. The maximum Gasteiger partial charge on any atom is 0.164 e. The Balaban J connectivity index is 1.08. The second-order valence-electron chi connectivity index (χ2n) is 14.3. The summed E-state index contributed by atoms with van der Waals surface area (Å²) in [7, 11) is 0. The Morgan fingerprint density at radius 3 is 1.89 bits per heavy atom. The number of rotatable bonds is 7. The Bertz CT molecular complexity index is 3180. The molecule has 1 aliphatic rings. The van der Waals surface area contributed by atoms with E-state index in [4.69, 9.17) is 23.8 Å². The molecular weight excluding hydrogens is 701 g/mol. The zero-order valence-corrected chi connectivity index (χ0v) is 30.8. The molecule has 0 amide bonds. The number of furan rings is 2. The van der Waals surface area contributed by atoms with Crippen LogP contribution in [0, 0.1) is 0 Å². The predicted molar refractivity (Wildman–Crippen MR) is 232 cm³/mol. The van der Waals surface area contributed by atoms with Crippen LogP contribution < -0.4 is 4.90 Å². The summed E-state index contributed by atoms with van der Waals surface area (Å²) in [6, 6.07) is 56.6. The van der Waals surface area contributed by atoms with Gasteiger partial charge in [-0.15, -0.1) is 0 Å². The summed E-state index contributed by atoms with van der Waals surface area (Å²) < 4.78 is 12.9. The Kier molecular flexibility index (Phi) is 7.84. The first kappa shape index (κ1) is 32.8. The minimum Gasteiger partial charge on any atom is -0.456 e. The van der Waals surface area contributed by atoms with Crippen LogP contribution in [-0.4, -0.2) is 15.0 Å². The molecule has 0 spiro atoms. The standard InChI is InChI=1S/C51H34N4O2/c1-4-13-33(14-5-1)34-23-26-38(27-24-34)55(39-28-30-45-42(32-39)40-19-10-11-21-44(40)56-45)43-20-12-22-46-48(43)41-29-25-37(31-47(41)57-46)51-53-49(35-15-6-2-7-16-35)52-50(54-51)36-17-8-3-9-18-36/h1-8,10-17,19-32H,9,18H2. The number of fused-ring (bicyclic) bond motifs is 6. The van der Waals surface area contributed by atoms with Crippen molar-refractivity contribution in [2.24, 2.45) is 0 Å². The van der Waals surface area contributed by atoms with E-state index in [9.17, 15) is 0 Å². The van der Waals surface area contributed by atoms with Crippen molar-refractivity contribution in [3.63, 3.8) is 0 Å². The molecular formula is C51H34N4O2. The van der Waals surface area contributed by atoms with Crippen LogP contribution in [0.5, 0.6) is 0 Å². The number of allylic oxidation sites excluding steroid dienone is 4. The first-order chi connectivity index (χ1) is 28.2. The van der Waals surface area contributed by atoms with Gasteiger partial charge >= 0.3 is 0 Å². The van der Waals surface area contributed by atoms with Crippen molar-refractivity contribution in [2.45, 2.75) is 12.8 Å². The number of benzene rings is 7. The molecule has 0 fully saturated rings. The monoisotopic (exact) mass is 734 g/mol. The lowest BCUT2D eigenvalue weighted by Crippen LogP contribution is -2.10. The average Bonchev–Trinajstić information content (AvgIpc) is 3.86. The van der Waals surface area contributed by atoms with Crippen LogP contribution >= 0.6 is 0 Å². The molecule has 6 heteroatoms. The summed E-state index contributed by atoms with van der Waals surface area (Å²) in [5.74, 6) is 1.96. The fourth-order valence-electron chi connectivity index (χ4n) is 8.00. The molecule has 6 nitrogen and oxygen atoms in total. The molecule has 1 aliphatic carbocycles. The van der Waals surface area contributed by atoms with E-state index in [1.54, 1.807) is 0 Å². The lowest BCUT2D eigenvalue weighted by Gasteiger charge is -2.26. The van der Waals surface area contributed by atoms with Gasteiger partial charge in [0.1, 0.15) is 22.3 Å². The molecule has 57 heavy (non-hydrogen) atoms. The largest absolute Gasteiger partial charge is 0.456 e. The highest BCUT2D eigenvalue weighted by Crippen LogP contribution is 2.45. The summed E-state index contributed by atoms with van der Waals surface area (Å²) >= 11 is 0. The summed E-state index contributed by atoms with van der Waals surface area (Å²) in [6.07, 6.45) is 8.20. The first-order valence-electron chi connectivity index (χ1n) is 19.2. The van der Waals surface area contributed by atoms with Gasteiger partial charge in [0.15, 0.2) is 17.5 Å². The zero-order chi connectivity index (χ0) is 37.7. The SMILES string of the molecule is C1=CCCC(c2nc(-c3ccccc3)nc(-c3ccc4c(c3)oc3cccc(N(c5ccc(-c6ccccc6)cc5)c5ccc6oc7ccccc7c6c5)c34)n2)=C1. The second kappa shape index (κ2) is 13.6. The van der Waals surface area contributed by atoms with E-state index in [1.165, 1.54) is 5.56 Å². The van der Waals surface area contributed by atoms with E-state index in [0.717, 1.165) is 96.0 Å². The molecule has 0 bridgehead atoms. The summed E-state index contributed by atoms with van der Waals surface area (Å²) in [4.78, 5) is 17.3. The molecule has 0 atom stereocenters. The number of hydrogen-bond acceptors (Lipinski definition) is 6. The molecule has 11 rings (SSSR count). The second-order valence-corrected chi connectivity index (χ2v) is 14.3. The van der Waals surface area contributed by atoms with E-state index in [2.05, 4.69) is 132 Å². The summed E-state index contributed by atoms with van der Waals surface area (Å²) in [5, 5.41) is 4.17. The number of para-hydroxylation sites is 1. The highest BCUT2D eigenvalue weighted by molar-refractivity contribution is 6.14. The zero-order valence-electron chi connectivity index (χ0n) is 30.8. The van der Waals surface area contributed by atoms with Crippen LogP contribution in [0.2, 0.25) is 0 Å². The third-order valence-electron chi connectivity index (χ3n) is 10.8. The van der Waals surface area contributed by atoms with Gasteiger partial charge in [-0.2, -0.15) is 0 Å². The van der Waals surface area contributed by atoms with E-state index >= 15 is 0 Å². The molecule has 0 N–H and O–H groups in total. The van der Waals surface area contributed by atoms with Crippen molar-refractivity contribution in [3.8, 4) is 33.9 Å². The third-order valence-corrected chi connectivity index (χ3v) is 10.8. The van der Waals surface area contributed by atoms with E-state index in [-0.39, 0.29) is 0 Å². The minimum absolute atomic E-state index is 0.609. The van der Waals surface area contributed by atoms with Gasteiger partial charge in [-0.25, -0.2) is 15.0 Å². The summed E-state index contributed by atoms with van der Waals surface area (Å²) in [5.41, 5.74) is 11.6. The molecule has 0 aliphatic heterocycles. The quantitative estimate of drug-likeness (QED) is 0.162. The van der Waals surface area contributed by atoms with Gasteiger partial charge in [-0.1, -0.05) is 121 Å². The highest BCUT2D eigenvalue weighted by atomic mass is 16.3. The molecule has 10 aromatic rings. The molecule has 0 radical (unpaired) electrons. The van der Waals surface area contributed by atoms with Crippen molar-refractivity contribution in [2.75, 3.05) is 4.90 Å². The van der Waals surface area contributed by atoms with Crippen LogP contribution in [-0.2, 0) is 0 Å². The van der Waals surface area contributed by atoms with Gasteiger partial charge in [0.25, 0.3) is 0 Å². The number of nitrogens with zero attached hydrogens (tertiary/aromatic N) is 4. The maximum absolute atomic E-state index is 6.70. The van der Waals surface area contributed by atoms with E-state index < -0.39 is 0 Å². The van der Waals surface area contributed by atoms with Crippen LogP contribution in [0.15, 0.2) is 191 Å². The third kappa shape index (κ3) is 5.86. The molecule has 270 valence electrons. The smallest absolute Gasteiger partial charge is 0.164 e. The fourth-order valence-corrected chi connectivity index (χ4v) is 8.00. The average molecular weight is 735 g/mol. The van der Waals surface area contributed by atoms with Crippen molar-refractivity contribution >= 4 is 66.5 Å². The lowest BCUT2D eigenvalue weighted by molar-refractivity contribution is 0.668. The first-order valence-corrected chi connectivity index (χ1v) is 19.2. The van der Waals surface area contributed by atoms with Crippen molar-refractivity contribution in [1.29, 1.82) is 0 Å². The van der Waals surface area contributed by atoms with Gasteiger partial charge in [0.2, 0.25) is 0 Å². The number of aromatic nitrogens is 3. The highest BCUT2D eigenvalue weighted by Gasteiger charge is 2.22. The van der Waals surface area contributed by atoms with E-state index in [0.29, 0.717) is 17.5 Å². The number of anilines is 3. The Labute approximate surface area is 328 Å². The fraction of sp³-hybridized carbons (Fsp3) is 0.0392. The van der Waals surface area contributed by atoms with Gasteiger partial charge in [0, 0.05) is 38.7 Å². The normalized spacial score (nSPS) is 12.8. The van der Waals surface area contributed by atoms with Crippen molar-refractivity contribution in [1.82, 2.24) is 15.0 Å². The van der Waals surface area contributed by atoms with Gasteiger partial charge in [-0.05, 0) is 90.2 Å². The van der Waals surface area contributed by atoms with Crippen LogP contribution in [0.4, 0.5) is 17.1 Å². The van der Waals surface area contributed by atoms with Gasteiger partial charge in [0.05, 0.1) is 11.1 Å². The van der Waals surface area contributed by atoms with Gasteiger partial charge < -0.3 is 13.7 Å². The number of hydrogen-bond donors (Lipinski definition) is 0. The van der Waals surface area contributed by atoms with Crippen molar-refractivity contribution < 1.29 is 8.83 Å². The van der Waals surface area contributed by atoms with Crippen molar-refractivity contribution in [3.05, 3.63) is 188 Å². The lowest BCUT2D eigenvalue weighted by atomic mass is 10.0. The molecule has 0 saturated heterocycles. The Morgan fingerprint density at radius 2 is 1.09 bits per heavy atom. The molecule has 7 aromatic carbocycles. The topological polar surface area (TPSA) is 68.2 Å². The molecule has 0 unspecified atom stereocenters. The van der Waals surface area contributed by atoms with Crippen LogP contribution in [0.3, 0.4) is 0 Å². The Hall–Kier alpha value is -7.57. The van der Waals surface area contributed by atoms with E-state index in [1.807, 2.05) is 54.6 Å². The van der Waals surface area contributed by atoms with Gasteiger partial charge in [-0.3, -0.25) is 0 Å². The Morgan fingerprint density at radius 1 is 0.439 bits per heavy atom. The molecule has 3 aromatic heterocycles. The minimum atomic E-state index is 0.609. The van der Waals surface area contributed by atoms with Crippen LogP contribution in [0.25, 0.3) is 83.4 Å². The molecule has 0 saturated carbocycles. The van der Waals surface area contributed by atoms with Crippen LogP contribution in [0.1, 0.15) is 18.7 Å². The predicted octanol–water partition coefficient (Wildman–Crippen LogP) is 13.9. The summed E-state index contributed by atoms with van der Waals surface area (Å²) in [6.45, 7) is 0.